The second-order valence-corrected chi connectivity index (χ2v) is 9.02. The van der Waals surface area contributed by atoms with Crippen molar-refractivity contribution in [3.8, 4) is 0 Å². The van der Waals surface area contributed by atoms with Crippen molar-refractivity contribution >= 4 is 40.3 Å². The predicted octanol–water partition coefficient (Wildman–Crippen LogP) is 4.64. The normalized spacial score (nSPS) is 21.0. The van der Waals surface area contributed by atoms with Crippen molar-refractivity contribution in [2.24, 2.45) is 16.3 Å². The van der Waals surface area contributed by atoms with Crippen molar-refractivity contribution in [1.82, 2.24) is 4.98 Å². The number of benzene rings is 2. The fraction of sp³-hybridized carbons (Fsp3) is 0.333. The van der Waals surface area contributed by atoms with E-state index in [4.69, 9.17) is 0 Å². The van der Waals surface area contributed by atoms with Gasteiger partial charge in [0.05, 0.1) is 11.8 Å². The lowest BCUT2D eigenvalue weighted by atomic mass is 9.65. The average molecular weight is 441 g/mol. The van der Waals surface area contributed by atoms with E-state index in [1.165, 1.54) is 6.42 Å². The molecule has 0 spiro atoms. The molecule has 3 aromatic rings. The fourth-order valence-corrected chi connectivity index (χ4v) is 5.22. The lowest BCUT2D eigenvalue weighted by Crippen LogP contribution is -2.44. The molecule has 1 saturated carbocycles. The molecule has 6 nitrogen and oxygen atoms in total. The van der Waals surface area contributed by atoms with Crippen LogP contribution >= 0.6 is 0 Å². The highest BCUT2D eigenvalue weighted by molar-refractivity contribution is 6.10. The van der Waals surface area contributed by atoms with Gasteiger partial charge in [-0.15, -0.1) is 0 Å². The second kappa shape index (κ2) is 8.77. The third kappa shape index (κ3) is 3.90. The Hall–Kier alpha value is -3.54. The number of carbonyl (C=O) groups is 2. The van der Waals surface area contributed by atoms with Crippen LogP contribution in [0.5, 0.6) is 0 Å². The molecule has 33 heavy (non-hydrogen) atoms. The number of amides is 2. The van der Waals surface area contributed by atoms with Crippen LogP contribution < -0.4 is 10.2 Å². The Balaban J connectivity index is 1.32. The van der Waals surface area contributed by atoms with E-state index in [0.717, 1.165) is 41.3 Å². The number of anilines is 2. The second-order valence-electron chi connectivity index (χ2n) is 9.02. The SMILES string of the molecule is CN=CC1(C2CCC2)CCN(c2ccnc(NC(=O)Cc3cccc4ccccc34)c2)C1=O. The van der Waals surface area contributed by atoms with Gasteiger partial charge in [0, 0.05) is 37.8 Å². The van der Waals surface area contributed by atoms with E-state index in [0.29, 0.717) is 18.3 Å². The Labute approximate surface area is 193 Å². The Kier molecular flexibility index (Phi) is 5.67. The number of pyridine rings is 1. The Morgan fingerprint density at radius 2 is 2.03 bits per heavy atom. The zero-order valence-electron chi connectivity index (χ0n) is 18.8. The first-order chi connectivity index (χ1) is 16.1. The maximum Gasteiger partial charge on any atom is 0.238 e. The molecule has 0 radical (unpaired) electrons. The third-order valence-corrected chi connectivity index (χ3v) is 7.14. The molecular formula is C27H28N4O2. The van der Waals surface area contributed by atoms with E-state index in [-0.39, 0.29) is 18.2 Å². The smallest absolute Gasteiger partial charge is 0.238 e. The number of aromatic nitrogens is 1. The van der Waals surface area contributed by atoms with Crippen LogP contribution in [0.3, 0.4) is 0 Å². The molecule has 0 bridgehead atoms. The molecule has 1 saturated heterocycles. The largest absolute Gasteiger partial charge is 0.311 e. The average Bonchev–Trinajstić information content (AvgIpc) is 3.09. The summed E-state index contributed by atoms with van der Waals surface area (Å²) in [5.74, 6) is 0.805. The highest BCUT2D eigenvalue weighted by Crippen LogP contribution is 2.48. The fourth-order valence-electron chi connectivity index (χ4n) is 5.22. The van der Waals surface area contributed by atoms with Crippen molar-refractivity contribution in [2.45, 2.75) is 32.1 Å². The van der Waals surface area contributed by atoms with Gasteiger partial charge in [-0.3, -0.25) is 14.6 Å². The standard InChI is InChI=1S/C27H28N4O2/c1-28-18-27(21-9-5-10-21)13-15-31(26(27)33)22-12-14-29-24(17-22)30-25(32)16-20-8-4-7-19-6-2-3-11-23(19)20/h2-4,6-8,11-12,14,17-18,21H,5,9-10,13,15-16H2,1H3,(H,29,30,32). The molecule has 2 amide bonds. The van der Waals surface area contributed by atoms with E-state index >= 15 is 0 Å². The number of hydrogen-bond donors (Lipinski definition) is 1. The van der Waals surface area contributed by atoms with Gasteiger partial charge in [0.15, 0.2) is 0 Å². The quantitative estimate of drug-likeness (QED) is 0.568. The Morgan fingerprint density at radius 1 is 1.21 bits per heavy atom. The number of fused-ring (bicyclic) bond motifs is 1. The lowest BCUT2D eigenvalue weighted by Gasteiger charge is -2.38. The molecule has 6 heteroatoms. The first-order valence-corrected chi connectivity index (χ1v) is 11.6. The summed E-state index contributed by atoms with van der Waals surface area (Å²) in [7, 11) is 1.74. The van der Waals surface area contributed by atoms with E-state index in [1.807, 2.05) is 59.6 Å². The van der Waals surface area contributed by atoms with Crippen molar-refractivity contribution in [2.75, 3.05) is 23.8 Å². The van der Waals surface area contributed by atoms with Crippen LogP contribution in [0.2, 0.25) is 0 Å². The molecule has 1 aromatic heterocycles. The van der Waals surface area contributed by atoms with Crippen molar-refractivity contribution < 1.29 is 9.59 Å². The summed E-state index contributed by atoms with van der Waals surface area (Å²) in [6.07, 6.45) is 7.89. The topological polar surface area (TPSA) is 74.7 Å². The van der Waals surface area contributed by atoms with Crippen LogP contribution in [0.1, 0.15) is 31.2 Å². The predicted molar refractivity (Wildman–Crippen MR) is 132 cm³/mol. The summed E-state index contributed by atoms with van der Waals surface area (Å²) in [5.41, 5.74) is 1.25. The van der Waals surface area contributed by atoms with Crippen LogP contribution in [0.15, 0.2) is 65.8 Å². The molecule has 1 N–H and O–H groups in total. The van der Waals surface area contributed by atoms with E-state index in [1.54, 1.807) is 19.3 Å². The summed E-state index contributed by atoms with van der Waals surface area (Å²) in [4.78, 5) is 36.7. The van der Waals surface area contributed by atoms with Gasteiger partial charge < -0.3 is 10.2 Å². The maximum absolute atomic E-state index is 13.5. The summed E-state index contributed by atoms with van der Waals surface area (Å²) in [6, 6.07) is 17.7. The van der Waals surface area contributed by atoms with E-state index < -0.39 is 5.41 Å². The zero-order chi connectivity index (χ0) is 22.8. The Morgan fingerprint density at radius 3 is 2.82 bits per heavy atom. The highest BCUT2D eigenvalue weighted by Gasteiger charge is 2.52. The van der Waals surface area contributed by atoms with Crippen molar-refractivity contribution in [3.05, 3.63) is 66.4 Å². The molecule has 168 valence electrons. The molecule has 1 aliphatic heterocycles. The molecule has 2 aromatic carbocycles. The number of nitrogens with zero attached hydrogens (tertiary/aromatic N) is 3. The Bertz CT molecular complexity index is 1230. The summed E-state index contributed by atoms with van der Waals surface area (Å²) < 4.78 is 0. The number of nitrogens with one attached hydrogen (secondary N) is 1. The molecule has 2 aliphatic rings. The highest BCUT2D eigenvalue weighted by atomic mass is 16.2. The number of aliphatic imine (C=N–C) groups is 1. The lowest BCUT2D eigenvalue weighted by molar-refractivity contribution is -0.125. The van der Waals surface area contributed by atoms with E-state index in [9.17, 15) is 9.59 Å². The first-order valence-electron chi connectivity index (χ1n) is 11.6. The zero-order valence-corrected chi connectivity index (χ0v) is 18.8. The van der Waals surface area contributed by atoms with Gasteiger partial charge in [-0.25, -0.2) is 4.98 Å². The van der Waals surface area contributed by atoms with Gasteiger partial charge >= 0.3 is 0 Å². The minimum atomic E-state index is -0.492. The monoisotopic (exact) mass is 440 g/mol. The number of rotatable bonds is 6. The minimum absolute atomic E-state index is 0.108. The van der Waals surface area contributed by atoms with Gasteiger partial charge in [-0.2, -0.15) is 0 Å². The molecule has 5 rings (SSSR count). The van der Waals surface area contributed by atoms with Gasteiger partial charge in [0.25, 0.3) is 0 Å². The minimum Gasteiger partial charge on any atom is -0.311 e. The van der Waals surface area contributed by atoms with Crippen LogP contribution in [0.25, 0.3) is 10.8 Å². The third-order valence-electron chi connectivity index (χ3n) is 7.14. The number of carbonyl (C=O) groups excluding carboxylic acids is 2. The van der Waals surface area contributed by atoms with Crippen LogP contribution in [-0.2, 0) is 16.0 Å². The van der Waals surface area contributed by atoms with Crippen LogP contribution in [0.4, 0.5) is 11.5 Å². The van der Waals surface area contributed by atoms with Crippen molar-refractivity contribution in [3.63, 3.8) is 0 Å². The van der Waals surface area contributed by atoms with E-state index in [2.05, 4.69) is 15.3 Å². The molecule has 2 heterocycles. The van der Waals surface area contributed by atoms with Gasteiger partial charge in [0.1, 0.15) is 5.82 Å². The van der Waals surface area contributed by atoms with Gasteiger partial charge in [0.2, 0.25) is 11.8 Å². The molecule has 2 fully saturated rings. The summed E-state index contributed by atoms with van der Waals surface area (Å²) >= 11 is 0. The van der Waals surface area contributed by atoms with Gasteiger partial charge in [-0.1, -0.05) is 48.9 Å². The molecule has 1 atom stereocenters. The maximum atomic E-state index is 13.5. The van der Waals surface area contributed by atoms with Gasteiger partial charge in [-0.05, 0) is 47.6 Å². The van der Waals surface area contributed by atoms with Crippen LogP contribution in [0, 0.1) is 11.3 Å². The van der Waals surface area contributed by atoms with Crippen molar-refractivity contribution in [1.29, 1.82) is 0 Å². The van der Waals surface area contributed by atoms with Crippen LogP contribution in [-0.4, -0.2) is 36.6 Å². The molecule has 1 aliphatic carbocycles. The summed E-state index contributed by atoms with van der Waals surface area (Å²) in [6.45, 7) is 0.648. The first kappa shape index (κ1) is 21.3. The summed E-state index contributed by atoms with van der Waals surface area (Å²) in [5, 5.41) is 5.10. The molecule has 1 unspecified atom stereocenters. The number of hydrogen-bond acceptors (Lipinski definition) is 4. The molecular weight excluding hydrogens is 412 g/mol.